The van der Waals surface area contributed by atoms with E-state index in [1.807, 2.05) is 0 Å². The third kappa shape index (κ3) is 4.71. The second-order valence-electron chi connectivity index (χ2n) is 3.76. The number of amides is 2. The summed E-state index contributed by atoms with van der Waals surface area (Å²) >= 11 is 5.76. The number of aromatic nitrogens is 1. The van der Waals surface area contributed by atoms with Gasteiger partial charge in [0.25, 0.3) is 0 Å². The number of hydrogen-bond acceptors (Lipinski definition) is 3. The summed E-state index contributed by atoms with van der Waals surface area (Å²) in [6, 6.07) is 3.21. The fourth-order valence-electron chi connectivity index (χ4n) is 1.32. The van der Waals surface area contributed by atoms with Crippen molar-refractivity contribution < 1.29 is 9.59 Å². The molecule has 2 N–H and O–H groups in total. The van der Waals surface area contributed by atoms with Gasteiger partial charge in [-0.05, 0) is 18.6 Å². The van der Waals surface area contributed by atoms with Crippen molar-refractivity contribution in [3.8, 4) is 0 Å². The predicted molar refractivity (Wildman–Crippen MR) is 70.4 cm³/mol. The van der Waals surface area contributed by atoms with Gasteiger partial charge in [0, 0.05) is 12.7 Å². The highest BCUT2D eigenvalue weighted by molar-refractivity contribution is 6.41. The van der Waals surface area contributed by atoms with Crippen LogP contribution in [-0.4, -0.2) is 23.3 Å². The molecule has 6 heteroatoms. The molecule has 0 aliphatic rings. The molecule has 0 aliphatic heterocycles. The molecule has 0 saturated heterocycles. The fraction of sp³-hybridized carbons (Fsp3) is 0.417. The van der Waals surface area contributed by atoms with Gasteiger partial charge in [-0.1, -0.05) is 31.4 Å². The van der Waals surface area contributed by atoms with Crippen molar-refractivity contribution in [1.29, 1.82) is 0 Å². The van der Waals surface area contributed by atoms with Crippen LogP contribution in [0, 0.1) is 0 Å². The number of nitrogens with one attached hydrogen (secondary N) is 2. The summed E-state index contributed by atoms with van der Waals surface area (Å²) in [5.41, 5.74) is 0.327. The standard InChI is InChI=1S/C12H16ClN3O2/c1-2-3-4-7-15-11(17)12(18)16-9-6-5-8-14-10(9)13/h5-6,8H,2-4,7H2,1H3,(H,15,17)(H,16,18). The Hall–Kier alpha value is -1.62. The van der Waals surface area contributed by atoms with Crippen molar-refractivity contribution in [3.63, 3.8) is 0 Å². The van der Waals surface area contributed by atoms with Crippen molar-refractivity contribution >= 4 is 29.1 Å². The molecule has 2 amide bonds. The molecule has 18 heavy (non-hydrogen) atoms. The van der Waals surface area contributed by atoms with Crippen molar-refractivity contribution in [1.82, 2.24) is 10.3 Å². The lowest BCUT2D eigenvalue weighted by Crippen LogP contribution is -2.36. The molecule has 0 unspecified atom stereocenters. The first kappa shape index (κ1) is 14.4. The molecule has 0 bridgehead atoms. The number of hydrogen-bond donors (Lipinski definition) is 2. The van der Waals surface area contributed by atoms with Gasteiger partial charge >= 0.3 is 11.8 Å². The SMILES string of the molecule is CCCCCNC(=O)C(=O)Nc1cccnc1Cl. The van der Waals surface area contributed by atoms with E-state index < -0.39 is 11.8 Å². The first-order chi connectivity index (χ1) is 8.65. The van der Waals surface area contributed by atoms with Gasteiger partial charge < -0.3 is 10.6 Å². The van der Waals surface area contributed by atoms with Crippen LogP contribution in [0.25, 0.3) is 0 Å². The first-order valence-electron chi connectivity index (χ1n) is 5.85. The molecular weight excluding hydrogens is 254 g/mol. The first-order valence-corrected chi connectivity index (χ1v) is 6.22. The van der Waals surface area contributed by atoms with E-state index in [1.54, 1.807) is 12.1 Å². The molecule has 98 valence electrons. The van der Waals surface area contributed by atoms with Gasteiger partial charge in [-0.3, -0.25) is 9.59 Å². The molecule has 0 aliphatic carbocycles. The highest BCUT2D eigenvalue weighted by Gasteiger charge is 2.14. The van der Waals surface area contributed by atoms with Crippen LogP contribution >= 0.6 is 11.6 Å². The van der Waals surface area contributed by atoms with E-state index in [9.17, 15) is 9.59 Å². The van der Waals surface area contributed by atoms with Gasteiger partial charge in [0.1, 0.15) is 0 Å². The Morgan fingerprint density at radius 1 is 1.33 bits per heavy atom. The van der Waals surface area contributed by atoms with Crippen LogP contribution in [0.15, 0.2) is 18.3 Å². The zero-order valence-corrected chi connectivity index (χ0v) is 11.0. The van der Waals surface area contributed by atoms with Crippen molar-refractivity contribution in [2.75, 3.05) is 11.9 Å². The maximum absolute atomic E-state index is 11.5. The van der Waals surface area contributed by atoms with Crippen LogP contribution in [-0.2, 0) is 9.59 Å². The number of nitrogens with zero attached hydrogens (tertiary/aromatic N) is 1. The van der Waals surface area contributed by atoms with Gasteiger partial charge in [-0.15, -0.1) is 0 Å². The lowest BCUT2D eigenvalue weighted by Gasteiger charge is -2.06. The van der Waals surface area contributed by atoms with Gasteiger partial charge in [-0.2, -0.15) is 0 Å². The van der Waals surface area contributed by atoms with Crippen molar-refractivity contribution in [2.24, 2.45) is 0 Å². The molecule has 1 aromatic heterocycles. The monoisotopic (exact) mass is 269 g/mol. The lowest BCUT2D eigenvalue weighted by molar-refractivity contribution is -0.136. The van der Waals surface area contributed by atoms with Gasteiger partial charge in [0.15, 0.2) is 5.15 Å². The summed E-state index contributed by atoms with van der Waals surface area (Å²) in [6.07, 6.45) is 4.45. The molecule has 5 nitrogen and oxygen atoms in total. The Morgan fingerprint density at radius 2 is 2.11 bits per heavy atom. The summed E-state index contributed by atoms with van der Waals surface area (Å²) in [5, 5.41) is 5.10. The quantitative estimate of drug-likeness (QED) is 0.488. The van der Waals surface area contributed by atoms with E-state index in [-0.39, 0.29) is 5.15 Å². The minimum absolute atomic E-state index is 0.157. The molecule has 0 aromatic carbocycles. The molecular formula is C12H16ClN3O2. The number of carbonyl (C=O) groups is 2. The van der Waals surface area contributed by atoms with Crippen molar-refractivity contribution in [3.05, 3.63) is 23.5 Å². The maximum Gasteiger partial charge on any atom is 0.313 e. The summed E-state index contributed by atoms with van der Waals surface area (Å²) in [6.45, 7) is 2.57. The zero-order valence-electron chi connectivity index (χ0n) is 10.2. The molecule has 0 radical (unpaired) electrons. The topological polar surface area (TPSA) is 71.1 Å². The number of pyridine rings is 1. The number of rotatable bonds is 5. The summed E-state index contributed by atoms with van der Waals surface area (Å²) < 4.78 is 0. The summed E-state index contributed by atoms with van der Waals surface area (Å²) in [5.74, 6) is -1.40. The molecule has 1 rings (SSSR count). The predicted octanol–water partition coefficient (Wildman–Crippen LogP) is 1.98. The molecule has 1 aromatic rings. The highest BCUT2D eigenvalue weighted by Crippen LogP contribution is 2.16. The highest BCUT2D eigenvalue weighted by atomic mass is 35.5. The van der Waals surface area contributed by atoms with E-state index >= 15 is 0 Å². The number of carbonyl (C=O) groups excluding carboxylic acids is 2. The Balaban J connectivity index is 2.41. The fourth-order valence-corrected chi connectivity index (χ4v) is 1.48. The molecule has 0 spiro atoms. The largest absolute Gasteiger partial charge is 0.348 e. The van der Waals surface area contributed by atoms with Crippen LogP contribution in [0.5, 0.6) is 0 Å². The Morgan fingerprint density at radius 3 is 2.78 bits per heavy atom. The van der Waals surface area contributed by atoms with E-state index in [2.05, 4.69) is 22.5 Å². The van der Waals surface area contributed by atoms with Crippen LogP contribution in [0.2, 0.25) is 5.15 Å². The van der Waals surface area contributed by atoms with Crippen LogP contribution in [0.1, 0.15) is 26.2 Å². The second-order valence-corrected chi connectivity index (χ2v) is 4.12. The average Bonchev–Trinajstić information content (AvgIpc) is 2.37. The molecule has 0 atom stereocenters. The lowest BCUT2D eigenvalue weighted by atomic mass is 10.2. The van der Waals surface area contributed by atoms with E-state index in [0.717, 1.165) is 19.3 Å². The normalized spacial score (nSPS) is 9.89. The van der Waals surface area contributed by atoms with Gasteiger partial charge in [0.2, 0.25) is 0 Å². The number of anilines is 1. The summed E-state index contributed by atoms with van der Waals surface area (Å²) in [4.78, 5) is 26.8. The Bertz CT molecular complexity index is 424. The van der Waals surface area contributed by atoms with Crippen LogP contribution in [0.3, 0.4) is 0 Å². The molecule has 0 saturated carbocycles. The maximum atomic E-state index is 11.5. The molecule has 1 heterocycles. The zero-order chi connectivity index (χ0) is 13.4. The van der Waals surface area contributed by atoms with Crippen molar-refractivity contribution in [2.45, 2.75) is 26.2 Å². The van der Waals surface area contributed by atoms with E-state index in [1.165, 1.54) is 6.20 Å². The van der Waals surface area contributed by atoms with Gasteiger partial charge in [0.05, 0.1) is 5.69 Å². The van der Waals surface area contributed by atoms with Crippen LogP contribution in [0.4, 0.5) is 5.69 Å². The minimum atomic E-state index is -0.735. The van der Waals surface area contributed by atoms with Crippen LogP contribution < -0.4 is 10.6 Å². The Labute approximate surface area is 111 Å². The number of unbranched alkanes of at least 4 members (excludes halogenated alkanes) is 2. The average molecular weight is 270 g/mol. The third-order valence-electron chi connectivity index (χ3n) is 2.28. The second kappa shape index (κ2) is 7.66. The van der Waals surface area contributed by atoms with E-state index in [0.29, 0.717) is 12.2 Å². The van der Waals surface area contributed by atoms with E-state index in [4.69, 9.17) is 11.6 Å². The molecule has 0 fully saturated rings. The minimum Gasteiger partial charge on any atom is -0.348 e. The smallest absolute Gasteiger partial charge is 0.313 e. The Kier molecular flexibility index (Phi) is 6.14. The summed E-state index contributed by atoms with van der Waals surface area (Å²) in [7, 11) is 0. The van der Waals surface area contributed by atoms with Gasteiger partial charge in [-0.25, -0.2) is 4.98 Å². The third-order valence-corrected chi connectivity index (χ3v) is 2.58. The number of halogens is 1.